The minimum atomic E-state index is 0.597. The van der Waals surface area contributed by atoms with Crippen molar-refractivity contribution in [2.45, 2.75) is 18.8 Å². The molecule has 0 bridgehead atoms. The summed E-state index contributed by atoms with van der Waals surface area (Å²) in [5, 5.41) is 0. The first-order chi connectivity index (χ1) is 3.43. The molecule has 1 rings (SSSR count). The van der Waals surface area contributed by atoms with Crippen LogP contribution in [0.5, 0.6) is 0 Å². The Bertz CT molecular complexity index is 51.7. The van der Waals surface area contributed by atoms with Crippen molar-refractivity contribution < 1.29 is 4.74 Å². The van der Waals surface area contributed by atoms with Gasteiger partial charge in [0.1, 0.15) is 7.17 Å². The molecule has 0 saturated carbocycles. The van der Waals surface area contributed by atoms with Crippen molar-refractivity contribution in [1.82, 2.24) is 0 Å². The van der Waals surface area contributed by atoms with Crippen molar-refractivity contribution in [2.24, 2.45) is 0 Å². The Morgan fingerprint density at radius 3 is 2.86 bits per heavy atom. The van der Waals surface area contributed by atoms with Gasteiger partial charge in [-0.3, -0.25) is 0 Å². The van der Waals surface area contributed by atoms with Crippen molar-refractivity contribution in [3.63, 3.8) is 0 Å². The molecule has 0 amide bonds. The van der Waals surface area contributed by atoms with Crippen LogP contribution in [0.1, 0.15) is 12.8 Å². The van der Waals surface area contributed by atoms with Gasteiger partial charge in [-0.05, 0) is 12.8 Å². The SMILES string of the molecule is BBC1CCCO1. The highest BCUT2D eigenvalue weighted by molar-refractivity contribution is 6.90. The molecule has 0 spiro atoms. The van der Waals surface area contributed by atoms with Crippen LogP contribution in [0.25, 0.3) is 0 Å². The summed E-state index contributed by atoms with van der Waals surface area (Å²) in [4.78, 5) is 0. The van der Waals surface area contributed by atoms with Gasteiger partial charge in [-0.15, -0.1) is 0 Å². The van der Waals surface area contributed by atoms with Crippen molar-refractivity contribution in [3.05, 3.63) is 0 Å². The molecule has 0 aliphatic carbocycles. The van der Waals surface area contributed by atoms with E-state index in [1.165, 1.54) is 20.0 Å². The summed E-state index contributed by atoms with van der Waals surface area (Å²) in [6.07, 6.45) is 2.56. The normalized spacial score (nSPS) is 30.6. The average Bonchev–Trinajstić information content (AvgIpc) is 2.14. The lowest BCUT2D eigenvalue weighted by Gasteiger charge is -2.00. The summed E-state index contributed by atoms with van der Waals surface area (Å²) in [6, 6.07) is 0.597. The van der Waals surface area contributed by atoms with Gasteiger partial charge >= 0.3 is 0 Å². The van der Waals surface area contributed by atoms with E-state index in [4.69, 9.17) is 4.74 Å². The van der Waals surface area contributed by atoms with E-state index in [0.29, 0.717) is 6.00 Å². The van der Waals surface area contributed by atoms with Gasteiger partial charge in [0.15, 0.2) is 0 Å². The van der Waals surface area contributed by atoms with Crippen LogP contribution in [-0.2, 0) is 4.74 Å². The molecule has 1 saturated heterocycles. The fourth-order valence-corrected chi connectivity index (χ4v) is 0.966. The van der Waals surface area contributed by atoms with Crippen molar-refractivity contribution >= 4 is 14.9 Å². The van der Waals surface area contributed by atoms with E-state index >= 15 is 0 Å². The summed E-state index contributed by atoms with van der Waals surface area (Å²) < 4.78 is 5.30. The highest BCUT2D eigenvalue weighted by Crippen LogP contribution is 2.08. The molecule has 1 fully saturated rings. The van der Waals surface area contributed by atoms with E-state index in [1.54, 1.807) is 0 Å². The standard InChI is InChI=1S/C4H10B2O/c5-6-4-2-1-3-7-4/h4,6H,1-3,5H2. The first-order valence-corrected chi connectivity index (χ1v) is 3.05. The Hall–Kier alpha value is 0.0899. The fraction of sp³-hybridized carbons (Fsp3) is 1.00. The summed E-state index contributed by atoms with van der Waals surface area (Å²) in [7, 11) is 3.37. The lowest BCUT2D eigenvalue weighted by atomic mass is 9.51. The minimum absolute atomic E-state index is 0.597. The molecule has 0 N–H and O–H groups in total. The Labute approximate surface area is 46.1 Å². The maximum atomic E-state index is 5.30. The zero-order chi connectivity index (χ0) is 5.11. The van der Waals surface area contributed by atoms with Crippen LogP contribution in [0.2, 0.25) is 0 Å². The molecule has 0 aromatic heterocycles. The molecule has 1 aliphatic rings. The van der Waals surface area contributed by atoms with Gasteiger partial charge in [0.25, 0.3) is 0 Å². The molecular formula is C4H10B2O. The van der Waals surface area contributed by atoms with Gasteiger partial charge < -0.3 is 4.74 Å². The second-order valence-corrected chi connectivity index (χ2v) is 2.04. The third kappa shape index (κ3) is 1.23. The second-order valence-electron chi connectivity index (χ2n) is 2.04. The van der Waals surface area contributed by atoms with E-state index in [9.17, 15) is 0 Å². The molecule has 7 heavy (non-hydrogen) atoms. The predicted octanol–water partition coefficient (Wildman–Crippen LogP) is -0.893. The second kappa shape index (κ2) is 2.41. The van der Waals surface area contributed by atoms with Crippen LogP contribution in [0.4, 0.5) is 0 Å². The number of ether oxygens (including phenoxy) is 1. The number of rotatable bonds is 1. The Morgan fingerprint density at radius 2 is 2.57 bits per heavy atom. The van der Waals surface area contributed by atoms with Gasteiger partial charge in [0.2, 0.25) is 0 Å². The molecule has 0 aromatic carbocycles. The van der Waals surface area contributed by atoms with Crippen molar-refractivity contribution in [1.29, 1.82) is 0 Å². The van der Waals surface area contributed by atoms with E-state index < -0.39 is 0 Å². The highest BCUT2D eigenvalue weighted by Gasteiger charge is 2.12. The molecule has 0 aromatic rings. The molecule has 0 radical (unpaired) electrons. The summed E-state index contributed by atoms with van der Waals surface area (Å²) in [5.74, 6) is 0. The topological polar surface area (TPSA) is 9.23 Å². The van der Waals surface area contributed by atoms with Crippen LogP contribution in [0.15, 0.2) is 0 Å². The summed E-state index contributed by atoms with van der Waals surface area (Å²) >= 11 is 0. The third-order valence-corrected chi connectivity index (χ3v) is 1.48. The highest BCUT2D eigenvalue weighted by atomic mass is 16.5. The molecule has 1 aliphatic heterocycles. The lowest BCUT2D eigenvalue weighted by Crippen LogP contribution is -2.14. The fourth-order valence-electron chi connectivity index (χ4n) is 0.966. The number of hydrogen-bond donors (Lipinski definition) is 0. The quantitative estimate of drug-likeness (QED) is 0.384. The smallest absolute Gasteiger partial charge is 0.119 e. The summed E-state index contributed by atoms with van der Waals surface area (Å²) in [6.45, 7) is 0.999. The monoisotopic (exact) mass is 96.1 g/mol. The van der Waals surface area contributed by atoms with Gasteiger partial charge in [-0.1, -0.05) is 0 Å². The predicted molar refractivity (Wildman–Crippen MR) is 34.7 cm³/mol. The van der Waals surface area contributed by atoms with Crippen LogP contribution in [0, 0.1) is 0 Å². The molecular weight excluding hydrogens is 85.7 g/mol. The molecule has 1 atom stereocenters. The first kappa shape index (κ1) is 5.23. The minimum Gasteiger partial charge on any atom is -0.388 e. The van der Waals surface area contributed by atoms with Crippen LogP contribution in [0.3, 0.4) is 0 Å². The van der Waals surface area contributed by atoms with Crippen molar-refractivity contribution in [2.75, 3.05) is 6.61 Å². The third-order valence-electron chi connectivity index (χ3n) is 1.48. The Kier molecular flexibility index (Phi) is 1.80. The van der Waals surface area contributed by atoms with E-state index in [-0.39, 0.29) is 0 Å². The molecule has 1 heterocycles. The van der Waals surface area contributed by atoms with E-state index in [2.05, 4.69) is 7.74 Å². The lowest BCUT2D eigenvalue weighted by molar-refractivity contribution is 0.167. The van der Waals surface area contributed by atoms with Gasteiger partial charge in [0, 0.05) is 12.6 Å². The first-order valence-electron chi connectivity index (χ1n) is 3.05. The van der Waals surface area contributed by atoms with Crippen molar-refractivity contribution in [3.8, 4) is 0 Å². The van der Waals surface area contributed by atoms with E-state index in [1.807, 2.05) is 0 Å². The largest absolute Gasteiger partial charge is 0.388 e. The van der Waals surface area contributed by atoms with E-state index in [0.717, 1.165) is 6.61 Å². The van der Waals surface area contributed by atoms with Crippen LogP contribution < -0.4 is 0 Å². The molecule has 1 nitrogen and oxygen atoms in total. The van der Waals surface area contributed by atoms with Crippen LogP contribution >= 0.6 is 0 Å². The maximum absolute atomic E-state index is 5.30. The number of hydrogen-bond acceptors (Lipinski definition) is 1. The molecule has 1 unspecified atom stereocenters. The molecule has 3 heteroatoms. The molecule has 38 valence electrons. The Balaban J connectivity index is 2.14. The van der Waals surface area contributed by atoms with Crippen LogP contribution in [-0.4, -0.2) is 27.5 Å². The Morgan fingerprint density at radius 1 is 1.71 bits per heavy atom. The van der Waals surface area contributed by atoms with Gasteiger partial charge in [-0.25, -0.2) is 0 Å². The van der Waals surface area contributed by atoms with Gasteiger partial charge in [-0.2, -0.15) is 0 Å². The zero-order valence-corrected chi connectivity index (χ0v) is 4.81. The maximum Gasteiger partial charge on any atom is 0.119 e. The average molecular weight is 95.7 g/mol. The zero-order valence-electron chi connectivity index (χ0n) is 4.81. The van der Waals surface area contributed by atoms with Gasteiger partial charge in [0.05, 0.1) is 7.74 Å². The summed E-state index contributed by atoms with van der Waals surface area (Å²) in [5.41, 5.74) is 0.